The van der Waals surface area contributed by atoms with Crippen LogP contribution in [-0.4, -0.2) is 10.7 Å². The van der Waals surface area contributed by atoms with Crippen LogP contribution in [0.2, 0.25) is 0 Å². The van der Waals surface area contributed by atoms with Crippen LogP contribution in [0.15, 0.2) is 30.3 Å². The van der Waals surface area contributed by atoms with Crippen molar-refractivity contribution < 1.29 is 14.3 Å². The van der Waals surface area contributed by atoms with E-state index in [0.717, 1.165) is 0 Å². The van der Waals surface area contributed by atoms with Gasteiger partial charge < -0.3 is 9.47 Å². The van der Waals surface area contributed by atoms with E-state index in [9.17, 15) is 4.79 Å². The van der Waals surface area contributed by atoms with Crippen molar-refractivity contribution in [3.8, 4) is 5.75 Å². The Hall–Kier alpha value is -1.03. The van der Waals surface area contributed by atoms with Crippen LogP contribution < -0.4 is 4.74 Å². The molecule has 4 heteroatoms. The van der Waals surface area contributed by atoms with E-state index >= 15 is 0 Å². The number of rotatable bonds is 3. The van der Waals surface area contributed by atoms with Crippen molar-refractivity contribution in [1.29, 1.82) is 0 Å². The monoisotopic (exact) mass is 258 g/mol. The fourth-order valence-corrected chi connectivity index (χ4v) is 1.39. The maximum absolute atomic E-state index is 10.7. The van der Waals surface area contributed by atoms with Crippen molar-refractivity contribution >= 4 is 21.9 Å². The molecular formula is C10H11BrO3. The minimum atomic E-state index is -1.11. The molecule has 0 aliphatic heterocycles. The lowest BCUT2D eigenvalue weighted by atomic mass is 10.3. The number of alkyl halides is 1. The van der Waals surface area contributed by atoms with Crippen molar-refractivity contribution in [3.05, 3.63) is 30.3 Å². The van der Waals surface area contributed by atoms with Crippen LogP contribution in [0.4, 0.5) is 0 Å². The van der Waals surface area contributed by atoms with Gasteiger partial charge in [0, 0.05) is 29.8 Å². The van der Waals surface area contributed by atoms with Gasteiger partial charge >= 0.3 is 10.7 Å². The van der Waals surface area contributed by atoms with Crippen molar-refractivity contribution in [2.75, 3.05) is 0 Å². The molecule has 0 radical (unpaired) electrons. The molecule has 1 rings (SSSR count). The summed E-state index contributed by atoms with van der Waals surface area (Å²) in [6, 6.07) is 9.12. The minimum absolute atomic E-state index is 0.402. The zero-order valence-corrected chi connectivity index (χ0v) is 9.58. The predicted octanol–water partition coefficient (Wildman–Crippen LogP) is 2.70. The van der Waals surface area contributed by atoms with Crippen molar-refractivity contribution in [2.24, 2.45) is 0 Å². The third-order valence-electron chi connectivity index (χ3n) is 1.37. The summed E-state index contributed by atoms with van der Waals surface area (Å²) in [6.45, 7) is 2.94. The van der Waals surface area contributed by atoms with E-state index in [0.29, 0.717) is 5.75 Å². The van der Waals surface area contributed by atoms with Gasteiger partial charge in [0.1, 0.15) is 5.75 Å². The maximum atomic E-state index is 10.7. The number of para-hydroxylation sites is 1. The number of halogens is 1. The first-order valence-electron chi connectivity index (χ1n) is 4.12. The van der Waals surface area contributed by atoms with Crippen LogP contribution in [0.3, 0.4) is 0 Å². The van der Waals surface area contributed by atoms with Gasteiger partial charge in [0.2, 0.25) is 0 Å². The van der Waals surface area contributed by atoms with Crippen molar-refractivity contribution in [3.63, 3.8) is 0 Å². The maximum Gasteiger partial charge on any atom is 0.308 e. The zero-order valence-electron chi connectivity index (χ0n) is 7.99. The first-order chi connectivity index (χ1) is 6.49. The first-order valence-corrected chi connectivity index (χ1v) is 4.91. The number of ether oxygens (including phenoxy) is 2. The molecule has 0 aromatic heterocycles. The third kappa shape index (κ3) is 3.79. The molecule has 3 nitrogen and oxygen atoms in total. The Balaban J connectivity index is 2.63. The lowest BCUT2D eigenvalue weighted by molar-refractivity contribution is -0.163. The largest absolute Gasteiger partial charge is 0.443 e. The quantitative estimate of drug-likeness (QED) is 0.475. The second-order valence-electron chi connectivity index (χ2n) is 2.84. The predicted molar refractivity (Wildman–Crippen MR) is 56.2 cm³/mol. The number of hydrogen-bond acceptors (Lipinski definition) is 3. The van der Waals surface area contributed by atoms with E-state index in [4.69, 9.17) is 9.47 Å². The number of hydrogen-bond donors (Lipinski definition) is 0. The molecule has 0 bridgehead atoms. The van der Waals surface area contributed by atoms with Gasteiger partial charge in [0.15, 0.2) is 0 Å². The molecule has 0 N–H and O–H groups in total. The van der Waals surface area contributed by atoms with Gasteiger partial charge in [-0.15, -0.1) is 0 Å². The fourth-order valence-electron chi connectivity index (χ4n) is 0.977. The van der Waals surface area contributed by atoms with Crippen molar-refractivity contribution in [1.82, 2.24) is 0 Å². The van der Waals surface area contributed by atoms with E-state index in [2.05, 4.69) is 15.9 Å². The Labute approximate surface area is 91.1 Å². The van der Waals surface area contributed by atoms with Crippen molar-refractivity contribution in [2.45, 2.75) is 18.5 Å². The van der Waals surface area contributed by atoms with Gasteiger partial charge in [0.05, 0.1) is 0 Å². The van der Waals surface area contributed by atoms with Crippen LogP contribution in [0, 0.1) is 0 Å². The van der Waals surface area contributed by atoms with E-state index < -0.39 is 10.7 Å². The zero-order chi connectivity index (χ0) is 10.6. The average Bonchev–Trinajstić information content (AvgIpc) is 2.02. The van der Waals surface area contributed by atoms with Crippen LogP contribution in [0.1, 0.15) is 13.8 Å². The van der Waals surface area contributed by atoms with Crippen LogP contribution >= 0.6 is 15.9 Å². The summed E-state index contributed by atoms with van der Waals surface area (Å²) in [5.41, 5.74) is 0. The molecule has 0 aliphatic carbocycles. The summed E-state index contributed by atoms with van der Waals surface area (Å²) in [6.07, 6.45) is 0. The number of carbonyl (C=O) groups excluding carboxylic acids is 1. The van der Waals surface area contributed by atoms with E-state index in [1.807, 2.05) is 18.2 Å². The Morgan fingerprint density at radius 3 is 2.43 bits per heavy atom. The van der Waals surface area contributed by atoms with Gasteiger partial charge in [-0.05, 0) is 12.1 Å². The van der Waals surface area contributed by atoms with Crippen LogP contribution in [-0.2, 0) is 9.53 Å². The lowest BCUT2D eigenvalue weighted by Gasteiger charge is -2.23. The number of esters is 1. The highest BCUT2D eigenvalue weighted by Gasteiger charge is 2.25. The number of carbonyl (C=O) groups is 1. The Morgan fingerprint density at radius 2 is 1.93 bits per heavy atom. The Kier molecular flexibility index (Phi) is 3.52. The summed E-state index contributed by atoms with van der Waals surface area (Å²) in [4.78, 5) is 10.7. The average molecular weight is 259 g/mol. The molecule has 0 heterocycles. The Bertz CT molecular complexity index is 308. The van der Waals surface area contributed by atoms with E-state index in [-0.39, 0.29) is 0 Å². The molecule has 14 heavy (non-hydrogen) atoms. The summed E-state index contributed by atoms with van der Waals surface area (Å²) < 4.78 is 9.17. The molecule has 1 atom stereocenters. The fraction of sp³-hybridized carbons (Fsp3) is 0.300. The van der Waals surface area contributed by atoms with Gasteiger partial charge in [-0.1, -0.05) is 18.2 Å². The topological polar surface area (TPSA) is 35.5 Å². The van der Waals surface area contributed by atoms with E-state index in [1.165, 1.54) is 6.92 Å². The highest BCUT2D eigenvalue weighted by atomic mass is 79.9. The molecule has 1 aromatic rings. The molecule has 0 fully saturated rings. The summed E-state index contributed by atoms with van der Waals surface area (Å²) in [5.74, 6) is 0.230. The normalized spacial score (nSPS) is 14.2. The third-order valence-corrected chi connectivity index (χ3v) is 1.69. The molecule has 76 valence electrons. The molecule has 0 saturated carbocycles. The molecule has 0 spiro atoms. The highest BCUT2D eigenvalue weighted by molar-refractivity contribution is 9.10. The lowest BCUT2D eigenvalue weighted by Crippen LogP contribution is -2.30. The minimum Gasteiger partial charge on any atom is -0.443 e. The molecule has 0 aliphatic rings. The Morgan fingerprint density at radius 1 is 1.36 bits per heavy atom. The second kappa shape index (κ2) is 4.46. The molecule has 0 saturated heterocycles. The first kappa shape index (κ1) is 11.0. The van der Waals surface area contributed by atoms with Gasteiger partial charge in [-0.25, -0.2) is 0 Å². The standard InChI is InChI=1S/C10H11BrO3/c1-8(12)13-10(2,11)14-9-6-4-3-5-7-9/h3-7H,1-2H3. The molecule has 0 amide bonds. The smallest absolute Gasteiger partial charge is 0.308 e. The molecular weight excluding hydrogens is 248 g/mol. The van der Waals surface area contributed by atoms with Gasteiger partial charge in [0.25, 0.3) is 0 Å². The summed E-state index contributed by atoms with van der Waals surface area (Å²) >= 11 is 3.15. The highest BCUT2D eigenvalue weighted by Crippen LogP contribution is 2.24. The summed E-state index contributed by atoms with van der Waals surface area (Å²) in [5, 5.41) is 0. The number of benzene rings is 1. The molecule has 1 aromatic carbocycles. The molecule has 1 unspecified atom stereocenters. The van der Waals surface area contributed by atoms with Crippen LogP contribution in [0.25, 0.3) is 0 Å². The summed E-state index contributed by atoms with van der Waals surface area (Å²) in [7, 11) is 0. The van der Waals surface area contributed by atoms with Crippen LogP contribution in [0.5, 0.6) is 5.75 Å². The van der Waals surface area contributed by atoms with E-state index in [1.54, 1.807) is 19.1 Å². The van der Waals surface area contributed by atoms with Gasteiger partial charge in [-0.3, -0.25) is 4.79 Å². The SMILES string of the molecule is CC(=O)OC(C)(Br)Oc1ccccc1. The second-order valence-corrected chi connectivity index (χ2v) is 4.28. The van der Waals surface area contributed by atoms with Gasteiger partial charge in [-0.2, -0.15) is 0 Å².